The van der Waals surface area contributed by atoms with E-state index in [0.717, 1.165) is 6.42 Å². The summed E-state index contributed by atoms with van der Waals surface area (Å²) < 4.78 is 4.90. The van der Waals surface area contributed by atoms with Crippen molar-refractivity contribution < 1.29 is 19.1 Å². The molecule has 0 aromatic rings. The second kappa shape index (κ2) is 8.83. The molecule has 0 saturated carbocycles. The van der Waals surface area contributed by atoms with Gasteiger partial charge >= 0.3 is 5.97 Å². The first kappa shape index (κ1) is 17.8. The first-order valence-corrected chi connectivity index (χ1v) is 7.01. The zero-order chi connectivity index (χ0) is 15.0. The summed E-state index contributed by atoms with van der Waals surface area (Å²) in [6.07, 6.45) is 1.02. The van der Waals surface area contributed by atoms with Crippen LogP contribution in [-0.2, 0) is 19.1 Å². The fourth-order valence-corrected chi connectivity index (χ4v) is 1.61. The minimum absolute atomic E-state index is 0.0343. The Labute approximate surface area is 115 Å². The van der Waals surface area contributed by atoms with Gasteiger partial charge in [0.1, 0.15) is 17.5 Å². The van der Waals surface area contributed by atoms with Crippen molar-refractivity contribution in [3.8, 4) is 0 Å². The molecule has 1 atom stereocenters. The molecule has 0 aliphatic heterocycles. The van der Waals surface area contributed by atoms with Crippen LogP contribution in [-0.4, -0.2) is 24.1 Å². The summed E-state index contributed by atoms with van der Waals surface area (Å²) in [6.45, 7) is 9.49. The lowest BCUT2D eigenvalue weighted by molar-refractivity contribution is -0.153. The van der Waals surface area contributed by atoms with E-state index in [9.17, 15) is 14.4 Å². The SMILES string of the molecule is CCOC(=O)C(CC(=O)C(C)C)C(=O)CCC(C)C. The first-order valence-electron chi connectivity index (χ1n) is 7.01. The Hall–Kier alpha value is -1.19. The zero-order valence-corrected chi connectivity index (χ0v) is 12.7. The number of ether oxygens (including phenoxy) is 1. The van der Waals surface area contributed by atoms with Gasteiger partial charge in [-0.3, -0.25) is 14.4 Å². The third kappa shape index (κ3) is 7.09. The maximum absolute atomic E-state index is 12.1. The van der Waals surface area contributed by atoms with E-state index in [0.29, 0.717) is 12.3 Å². The van der Waals surface area contributed by atoms with Crippen LogP contribution >= 0.6 is 0 Å². The number of hydrogen-bond donors (Lipinski definition) is 0. The molecule has 0 bridgehead atoms. The molecule has 4 nitrogen and oxygen atoms in total. The Bertz CT molecular complexity index is 318. The molecule has 110 valence electrons. The minimum atomic E-state index is -0.923. The van der Waals surface area contributed by atoms with E-state index in [-0.39, 0.29) is 30.5 Å². The second-order valence-electron chi connectivity index (χ2n) is 5.53. The molecule has 0 aliphatic carbocycles. The molecule has 0 aromatic heterocycles. The summed E-state index contributed by atoms with van der Waals surface area (Å²) in [5.41, 5.74) is 0. The first-order chi connectivity index (χ1) is 8.79. The van der Waals surface area contributed by atoms with Gasteiger partial charge in [-0.25, -0.2) is 0 Å². The van der Waals surface area contributed by atoms with E-state index in [4.69, 9.17) is 4.74 Å². The van der Waals surface area contributed by atoms with E-state index < -0.39 is 11.9 Å². The van der Waals surface area contributed by atoms with E-state index in [1.807, 2.05) is 13.8 Å². The average Bonchev–Trinajstić information content (AvgIpc) is 2.32. The van der Waals surface area contributed by atoms with Gasteiger partial charge < -0.3 is 4.74 Å². The predicted molar refractivity (Wildman–Crippen MR) is 73.7 cm³/mol. The largest absolute Gasteiger partial charge is 0.465 e. The number of esters is 1. The molecule has 0 aromatic carbocycles. The monoisotopic (exact) mass is 270 g/mol. The number of carbonyl (C=O) groups is 3. The van der Waals surface area contributed by atoms with Crippen LogP contribution in [0.5, 0.6) is 0 Å². The fourth-order valence-electron chi connectivity index (χ4n) is 1.61. The molecule has 0 rings (SSSR count). The fraction of sp³-hybridized carbons (Fsp3) is 0.800. The predicted octanol–water partition coefficient (Wildman–Crippen LogP) is 2.79. The second-order valence-corrected chi connectivity index (χ2v) is 5.53. The molecule has 0 amide bonds. The maximum atomic E-state index is 12.1. The highest BCUT2D eigenvalue weighted by Crippen LogP contribution is 2.16. The van der Waals surface area contributed by atoms with Crippen molar-refractivity contribution in [3.05, 3.63) is 0 Å². The standard InChI is InChI=1S/C15H26O4/c1-6-19-15(18)12(9-14(17)11(4)5)13(16)8-7-10(2)3/h10-12H,6-9H2,1-5H3. The summed E-state index contributed by atoms with van der Waals surface area (Å²) in [5, 5.41) is 0. The molecular formula is C15H26O4. The molecule has 0 aliphatic rings. The Morgan fingerprint density at radius 2 is 1.58 bits per heavy atom. The van der Waals surface area contributed by atoms with Gasteiger partial charge in [-0.2, -0.15) is 0 Å². The van der Waals surface area contributed by atoms with Gasteiger partial charge in [0.05, 0.1) is 6.61 Å². The van der Waals surface area contributed by atoms with E-state index >= 15 is 0 Å². The van der Waals surface area contributed by atoms with Gasteiger partial charge in [0.25, 0.3) is 0 Å². The molecule has 4 heteroatoms. The molecule has 0 saturated heterocycles. The van der Waals surface area contributed by atoms with Crippen molar-refractivity contribution in [2.75, 3.05) is 6.61 Å². The normalized spacial score (nSPS) is 12.6. The van der Waals surface area contributed by atoms with Gasteiger partial charge in [0, 0.05) is 18.8 Å². The summed E-state index contributed by atoms with van der Waals surface area (Å²) in [4.78, 5) is 35.6. The van der Waals surface area contributed by atoms with Gasteiger partial charge in [0.15, 0.2) is 0 Å². The lowest BCUT2D eigenvalue weighted by Gasteiger charge is -2.15. The van der Waals surface area contributed by atoms with E-state index in [1.54, 1.807) is 20.8 Å². The van der Waals surface area contributed by atoms with E-state index in [1.165, 1.54) is 0 Å². The topological polar surface area (TPSA) is 60.4 Å². The molecule has 1 unspecified atom stereocenters. The van der Waals surface area contributed by atoms with Crippen molar-refractivity contribution in [1.82, 2.24) is 0 Å². The Kier molecular flexibility index (Phi) is 8.28. The number of rotatable bonds is 9. The van der Waals surface area contributed by atoms with Crippen LogP contribution in [0.15, 0.2) is 0 Å². The average molecular weight is 270 g/mol. The van der Waals surface area contributed by atoms with Gasteiger partial charge in [-0.1, -0.05) is 27.7 Å². The van der Waals surface area contributed by atoms with Crippen molar-refractivity contribution in [3.63, 3.8) is 0 Å². The molecule has 19 heavy (non-hydrogen) atoms. The molecule has 0 spiro atoms. The van der Waals surface area contributed by atoms with Crippen molar-refractivity contribution in [2.45, 2.75) is 53.9 Å². The molecule has 0 N–H and O–H groups in total. The molecule has 0 radical (unpaired) electrons. The third-order valence-electron chi connectivity index (χ3n) is 2.98. The summed E-state index contributed by atoms with van der Waals surface area (Å²) in [5.74, 6) is -1.52. The van der Waals surface area contributed by atoms with Crippen LogP contribution in [0.2, 0.25) is 0 Å². The van der Waals surface area contributed by atoms with E-state index in [2.05, 4.69) is 0 Å². The third-order valence-corrected chi connectivity index (χ3v) is 2.98. The van der Waals surface area contributed by atoms with Crippen LogP contribution in [0.4, 0.5) is 0 Å². The lowest BCUT2D eigenvalue weighted by atomic mass is 9.90. The van der Waals surface area contributed by atoms with Gasteiger partial charge in [-0.15, -0.1) is 0 Å². The molecule has 0 heterocycles. The summed E-state index contributed by atoms with van der Waals surface area (Å²) in [6, 6.07) is 0. The quantitative estimate of drug-likeness (QED) is 0.477. The van der Waals surface area contributed by atoms with Gasteiger partial charge in [0.2, 0.25) is 0 Å². The number of ketones is 2. The molecule has 0 fully saturated rings. The highest BCUT2D eigenvalue weighted by molar-refractivity contribution is 6.02. The Morgan fingerprint density at radius 1 is 1.00 bits per heavy atom. The van der Waals surface area contributed by atoms with Crippen LogP contribution in [0.25, 0.3) is 0 Å². The van der Waals surface area contributed by atoms with Gasteiger partial charge in [-0.05, 0) is 19.3 Å². The minimum Gasteiger partial charge on any atom is -0.465 e. The summed E-state index contributed by atoms with van der Waals surface area (Å²) >= 11 is 0. The van der Waals surface area contributed by atoms with Crippen molar-refractivity contribution in [2.24, 2.45) is 17.8 Å². The van der Waals surface area contributed by atoms with Crippen LogP contribution in [0.1, 0.15) is 53.9 Å². The highest BCUT2D eigenvalue weighted by Gasteiger charge is 2.30. The molecular weight excluding hydrogens is 244 g/mol. The summed E-state index contributed by atoms with van der Waals surface area (Å²) in [7, 11) is 0. The maximum Gasteiger partial charge on any atom is 0.316 e. The Balaban J connectivity index is 4.70. The van der Waals surface area contributed by atoms with Crippen molar-refractivity contribution in [1.29, 1.82) is 0 Å². The number of carbonyl (C=O) groups excluding carboxylic acids is 3. The number of hydrogen-bond acceptors (Lipinski definition) is 4. The van der Waals surface area contributed by atoms with Crippen LogP contribution in [0.3, 0.4) is 0 Å². The van der Waals surface area contributed by atoms with Crippen LogP contribution in [0, 0.1) is 17.8 Å². The zero-order valence-electron chi connectivity index (χ0n) is 12.7. The van der Waals surface area contributed by atoms with Crippen molar-refractivity contribution >= 4 is 17.5 Å². The number of Topliss-reactive ketones (excluding diaryl/α,β-unsaturated/α-hetero) is 2. The Morgan fingerprint density at radius 3 is 2.00 bits per heavy atom. The van der Waals surface area contributed by atoms with Crippen LogP contribution < -0.4 is 0 Å². The highest BCUT2D eigenvalue weighted by atomic mass is 16.5. The lowest BCUT2D eigenvalue weighted by Crippen LogP contribution is -2.30. The smallest absolute Gasteiger partial charge is 0.316 e.